The summed E-state index contributed by atoms with van der Waals surface area (Å²) in [5, 5.41) is 2.91. The standard InChI is InChI=1S/C14H12F4N2O/c1-19-13(10-5-11(15)8-20-7-10)9-3-2-4-12(6-9)21-14(16,17)18/h2-8,13,19H,1H3. The maximum Gasteiger partial charge on any atom is 0.573 e. The van der Waals surface area contributed by atoms with Gasteiger partial charge >= 0.3 is 6.36 Å². The lowest BCUT2D eigenvalue weighted by molar-refractivity contribution is -0.274. The molecule has 0 radical (unpaired) electrons. The molecule has 0 bridgehead atoms. The van der Waals surface area contributed by atoms with Crippen molar-refractivity contribution in [2.45, 2.75) is 12.4 Å². The van der Waals surface area contributed by atoms with Gasteiger partial charge in [-0.15, -0.1) is 13.2 Å². The van der Waals surface area contributed by atoms with Crippen LogP contribution in [0.1, 0.15) is 17.2 Å². The average molecular weight is 300 g/mol. The van der Waals surface area contributed by atoms with Crippen molar-refractivity contribution in [3.8, 4) is 5.75 Å². The quantitative estimate of drug-likeness (QED) is 0.878. The topological polar surface area (TPSA) is 34.2 Å². The van der Waals surface area contributed by atoms with Gasteiger partial charge in [0.25, 0.3) is 0 Å². The molecule has 2 aromatic rings. The highest BCUT2D eigenvalue weighted by molar-refractivity contribution is 5.36. The van der Waals surface area contributed by atoms with Crippen LogP contribution in [0.3, 0.4) is 0 Å². The average Bonchev–Trinajstić information content (AvgIpc) is 2.38. The Morgan fingerprint density at radius 1 is 1.14 bits per heavy atom. The first-order chi connectivity index (χ1) is 9.89. The van der Waals surface area contributed by atoms with Crippen LogP contribution in [0.4, 0.5) is 17.6 Å². The van der Waals surface area contributed by atoms with Gasteiger partial charge in [0.15, 0.2) is 0 Å². The predicted octanol–water partition coefficient (Wildman–Crippen LogP) is 3.43. The third kappa shape index (κ3) is 4.16. The van der Waals surface area contributed by atoms with Crippen LogP contribution >= 0.6 is 0 Å². The number of rotatable bonds is 4. The van der Waals surface area contributed by atoms with Gasteiger partial charge in [0.1, 0.15) is 11.6 Å². The molecule has 0 amide bonds. The molecule has 0 fully saturated rings. The van der Waals surface area contributed by atoms with E-state index in [1.165, 1.54) is 30.5 Å². The van der Waals surface area contributed by atoms with Crippen molar-refractivity contribution in [1.82, 2.24) is 10.3 Å². The molecule has 7 heteroatoms. The highest BCUT2D eigenvalue weighted by Crippen LogP contribution is 2.28. The summed E-state index contributed by atoms with van der Waals surface area (Å²) in [4.78, 5) is 3.73. The maximum absolute atomic E-state index is 13.2. The Hall–Kier alpha value is -2.15. The normalized spacial score (nSPS) is 13.0. The van der Waals surface area contributed by atoms with E-state index in [2.05, 4.69) is 15.0 Å². The number of alkyl halides is 3. The van der Waals surface area contributed by atoms with E-state index in [1.807, 2.05) is 0 Å². The Morgan fingerprint density at radius 3 is 2.52 bits per heavy atom. The van der Waals surface area contributed by atoms with E-state index >= 15 is 0 Å². The number of benzene rings is 1. The highest BCUT2D eigenvalue weighted by atomic mass is 19.4. The highest BCUT2D eigenvalue weighted by Gasteiger charge is 2.31. The van der Waals surface area contributed by atoms with E-state index in [0.717, 1.165) is 6.20 Å². The zero-order chi connectivity index (χ0) is 15.5. The number of halogens is 4. The number of ether oxygens (including phenoxy) is 1. The van der Waals surface area contributed by atoms with Gasteiger partial charge in [-0.25, -0.2) is 4.39 Å². The fraction of sp³-hybridized carbons (Fsp3) is 0.214. The predicted molar refractivity (Wildman–Crippen MR) is 68.2 cm³/mol. The molecule has 0 saturated heterocycles. The summed E-state index contributed by atoms with van der Waals surface area (Å²) in [6.45, 7) is 0. The molecule has 0 spiro atoms. The molecule has 0 saturated carbocycles. The third-order valence-corrected chi connectivity index (χ3v) is 2.77. The lowest BCUT2D eigenvalue weighted by Gasteiger charge is -2.18. The van der Waals surface area contributed by atoms with Crippen LogP contribution < -0.4 is 10.1 Å². The molecule has 0 aliphatic heterocycles. The first-order valence-corrected chi connectivity index (χ1v) is 6.02. The van der Waals surface area contributed by atoms with Gasteiger partial charge in [0, 0.05) is 6.20 Å². The van der Waals surface area contributed by atoms with Gasteiger partial charge in [-0.05, 0) is 36.4 Å². The van der Waals surface area contributed by atoms with Gasteiger partial charge in [-0.2, -0.15) is 0 Å². The minimum atomic E-state index is -4.76. The fourth-order valence-electron chi connectivity index (χ4n) is 2.00. The van der Waals surface area contributed by atoms with Crippen molar-refractivity contribution < 1.29 is 22.3 Å². The minimum absolute atomic E-state index is 0.329. The van der Waals surface area contributed by atoms with Crippen molar-refractivity contribution in [3.05, 3.63) is 59.7 Å². The monoisotopic (exact) mass is 300 g/mol. The molecule has 21 heavy (non-hydrogen) atoms. The largest absolute Gasteiger partial charge is 0.573 e. The number of nitrogens with zero attached hydrogens (tertiary/aromatic N) is 1. The van der Waals surface area contributed by atoms with Crippen molar-refractivity contribution in [3.63, 3.8) is 0 Å². The Balaban J connectivity index is 2.32. The second-order valence-electron chi connectivity index (χ2n) is 4.28. The van der Waals surface area contributed by atoms with Crippen LogP contribution in [-0.2, 0) is 0 Å². The molecular formula is C14H12F4N2O. The SMILES string of the molecule is CNC(c1cncc(F)c1)c1cccc(OC(F)(F)F)c1. The number of pyridine rings is 1. The van der Waals surface area contributed by atoms with Gasteiger partial charge in [0.2, 0.25) is 0 Å². The van der Waals surface area contributed by atoms with E-state index in [0.29, 0.717) is 11.1 Å². The third-order valence-electron chi connectivity index (χ3n) is 2.77. The van der Waals surface area contributed by atoms with E-state index in [1.54, 1.807) is 13.1 Å². The van der Waals surface area contributed by atoms with Crippen molar-refractivity contribution in [2.24, 2.45) is 0 Å². The summed E-state index contributed by atoms with van der Waals surface area (Å²) in [6.07, 6.45) is -2.25. The summed E-state index contributed by atoms with van der Waals surface area (Å²) in [5.74, 6) is -0.847. The van der Waals surface area contributed by atoms with Crippen LogP contribution in [0.5, 0.6) is 5.75 Å². The van der Waals surface area contributed by atoms with Gasteiger partial charge in [-0.3, -0.25) is 4.98 Å². The molecule has 1 aromatic carbocycles. The van der Waals surface area contributed by atoms with Crippen molar-refractivity contribution >= 4 is 0 Å². The molecule has 1 N–H and O–H groups in total. The van der Waals surface area contributed by atoms with E-state index in [9.17, 15) is 17.6 Å². The van der Waals surface area contributed by atoms with E-state index < -0.39 is 18.2 Å². The summed E-state index contributed by atoms with van der Waals surface area (Å²) in [7, 11) is 1.62. The summed E-state index contributed by atoms with van der Waals surface area (Å²) >= 11 is 0. The minimum Gasteiger partial charge on any atom is -0.406 e. The molecule has 1 unspecified atom stereocenters. The van der Waals surface area contributed by atoms with Crippen LogP contribution in [-0.4, -0.2) is 18.4 Å². The molecule has 1 atom stereocenters. The molecule has 112 valence electrons. The first-order valence-electron chi connectivity index (χ1n) is 6.02. The summed E-state index contributed by atoms with van der Waals surface area (Å²) < 4.78 is 53.8. The Kier molecular flexibility index (Phi) is 4.42. The van der Waals surface area contributed by atoms with Gasteiger partial charge in [0.05, 0.1) is 12.2 Å². The van der Waals surface area contributed by atoms with Gasteiger partial charge < -0.3 is 10.1 Å². The molecule has 3 nitrogen and oxygen atoms in total. The first kappa shape index (κ1) is 15.2. The zero-order valence-electron chi connectivity index (χ0n) is 11.0. The van der Waals surface area contributed by atoms with E-state index in [-0.39, 0.29) is 5.75 Å². The van der Waals surface area contributed by atoms with Crippen LogP contribution in [0.25, 0.3) is 0 Å². The molecule has 1 heterocycles. The molecule has 0 aliphatic carbocycles. The molecule has 2 rings (SSSR count). The lowest BCUT2D eigenvalue weighted by Crippen LogP contribution is -2.19. The smallest absolute Gasteiger partial charge is 0.406 e. The lowest BCUT2D eigenvalue weighted by atomic mass is 10.00. The van der Waals surface area contributed by atoms with Gasteiger partial charge in [-0.1, -0.05) is 12.1 Å². The molecular weight excluding hydrogens is 288 g/mol. The number of hydrogen-bond donors (Lipinski definition) is 1. The number of nitrogens with one attached hydrogen (secondary N) is 1. The number of aromatic nitrogens is 1. The number of hydrogen-bond acceptors (Lipinski definition) is 3. The van der Waals surface area contributed by atoms with Crippen molar-refractivity contribution in [1.29, 1.82) is 0 Å². The molecule has 0 aliphatic rings. The zero-order valence-corrected chi connectivity index (χ0v) is 11.0. The van der Waals surface area contributed by atoms with E-state index in [4.69, 9.17) is 0 Å². The Bertz CT molecular complexity index is 616. The molecule has 1 aromatic heterocycles. The van der Waals surface area contributed by atoms with Crippen LogP contribution in [0.15, 0.2) is 42.7 Å². The summed E-state index contributed by atoms with van der Waals surface area (Å²) in [5.41, 5.74) is 1.01. The fourth-order valence-corrected chi connectivity index (χ4v) is 2.00. The Morgan fingerprint density at radius 2 is 1.90 bits per heavy atom. The second kappa shape index (κ2) is 6.09. The second-order valence-corrected chi connectivity index (χ2v) is 4.28. The Labute approximate surface area is 118 Å². The van der Waals surface area contributed by atoms with Crippen molar-refractivity contribution in [2.75, 3.05) is 7.05 Å². The van der Waals surface area contributed by atoms with Crippen LogP contribution in [0.2, 0.25) is 0 Å². The maximum atomic E-state index is 13.2. The summed E-state index contributed by atoms with van der Waals surface area (Å²) in [6, 6.07) is 6.28. The van der Waals surface area contributed by atoms with Crippen LogP contribution in [0, 0.1) is 5.82 Å².